The Labute approximate surface area is 299 Å². The number of aryl methyl sites for hydroxylation is 1. The first-order valence-corrected chi connectivity index (χ1v) is 17.7. The maximum Gasteiger partial charge on any atom is 0.410 e. The molecule has 0 spiro atoms. The van der Waals surface area contributed by atoms with Crippen molar-refractivity contribution in [1.82, 2.24) is 25.3 Å². The highest BCUT2D eigenvalue weighted by molar-refractivity contribution is 6.08. The molecule has 3 atom stereocenters. The van der Waals surface area contributed by atoms with Gasteiger partial charge in [0.05, 0.1) is 5.56 Å². The summed E-state index contributed by atoms with van der Waals surface area (Å²) in [5, 5.41) is 11.2. The van der Waals surface area contributed by atoms with Crippen LogP contribution in [0, 0.1) is 12.8 Å². The van der Waals surface area contributed by atoms with Crippen molar-refractivity contribution < 1.29 is 23.6 Å². The van der Waals surface area contributed by atoms with Gasteiger partial charge in [-0.05, 0) is 86.6 Å². The second kappa shape index (κ2) is 14.9. The third kappa shape index (κ3) is 8.22. The van der Waals surface area contributed by atoms with Crippen LogP contribution in [0.3, 0.4) is 0 Å². The Morgan fingerprint density at radius 3 is 2.41 bits per heavy atom. The number of fused-ring (bicyclic) bond motifs is 2. The van der Waals surface area contributed by atoms with Crippen molar-refractivity contribution in [2.45, 2.75) is 78.0 Å². The molecule has 1 N–H and O–H groups in total. The van der Waals surface area contributed by atoms with Gasteiger partial charge in [-0.3, -0.25) is 9.59 Å². The normalized spacial score (nSPS) is 16.9. The molecule has 1 aromatic heterocycles. The molecule has 1 aliphatic heterocycles. The van der Waals surface area contributed by atoms with Crippen molar-refractivity contribution in [2.75, 3.05) is 20.1 Å². The lowest BCUT2D eigenvalue weighted by Gasteiger charge is -2.37. The van der Waals surface area contributed by atoms with Gasteiger partial charge in [0.15, 0.2) is 5.82 Å². The number of benzene rings is 4. The van der Waals surface area contributed by atoms with Crippen LogP contribution in [-0.2, 0) is 22.4 Å². The second-order valence-corrected chi connectivity index (χ2v) is 14.6. The lowest BCUT2D eigenvalue weighted by atomic mass is 9.91. The minimum absolute atomic E-state index is 0.0429. The molecule has 0 aliphatic carbocycles. The van der Waals surface area contributed by atoms with Crippen molar-refractivity contribution in [2.24, 2.45) is 5.92 Å². The van der Waals surface area contributed by atoms with E-state index in [9.17, 15) is 14.4 Å². The molecule has 266 valence electrons. The summed E-state index contributed by atoms with van der Waals surface area (Å²) in [5.41, 5.74) is 1.89. The average Bonchev–Trinajstić information content (AvgIpc) is 3.54. The maximum atomic E-state index is 14.7. The third-order valence-electron chi connectivity index (χ3n) is 9.66. The van der Waals surface area contributed by atoms with E-state index >= 15 is 0 Å². The first-order valence-electron chi connectivity index (χ1n) is 17.7. The van der Waals surface area contributed by atoms with E-state index in [-0.39, 0.29) is 29.9 Å². The topological polar surface area (TPSA) is 118 Å². The Hall–Kier alpha value is -5.25. The van der Waals surface area contributed by atoms with Gasteiger partial charge < -0.3 is 24.4 Å². The summed E-state index contributed by atoms with van der Waals surface area (Å²) in [6.07, 6.45) is 1.72. The highest BCUT2D eigenvalue weighted by Gasteiger charge is 2.35. The number of aromatic nitrogens is 2. The van der Waals surface area contributed by atoms with Gasteiger partial charge >= 0.3 is 6.09 Å². The predicted octanol–water partition coefficient (Wildman–Crippen LogP) is 7.43. The van der Waals surface area contributed by atoms with Crippen LogP contribution in [0.15, 0.2) is 83.4 Å². The molecule has 1 saturated heterocycles. The van der Waals surface area contributed by atoms with E-state index in [1.54, 1.807) is 23.8 Å². The molecule has 1 aliphatic rings. The number of likely N-dealkylation sites (tertiary alicyclic amines) is 1. The van der Waals surface area contributed by atoms with E-state index in [0.717, 1.165) is 32.7 Å². The molecule has 0 bridgehead atoms. The van der Waals surface area contributed by atoms with Crippen LogP contribution in [0.2, 0.25) is 0 Å². The summed E-state index contributed by atoms with van der Waals surface area (Å²) in [6, 6.07) is 25.7. The van der Waals surface area contributed by atoms with Crippen LogP contribution in [0.5, 0.6) is 0 Å². The minimum Gasteiger partial charge on any atom is -0.444 e. The van der Waals surface area contributed by atoms with Gasteiger partial charge in [0, 0.05) is 38.5 Å². The molecule has 51 heavy (non-hydrogen) atoms. The Morgan fingerprint density at radius 1 is 1.00 bits per heavy atom. The van der Waals surface area contributed by atoms with E-state index in [1.165, 1.54) is 0 Å². The monoisotopic (exact) mass is 689 g/mol. The van der Waals surface area contributed by atoms with E-state index in [0.29, 0.717) is 56.1 Å². The average molecular weight is 690 g/mol. The molecule has 0 saturated carbocycles. The highest BCUT2D eigenvalue weighted by atomic mass is 16.6. The standard InChI is InChI=1S/C41H47N5O5/c1-26-23-33(20-22-46(26)40(49)50-41(3,4)5)37(47)42-21-19-31-18-17-30-12-9-10-14-34(30)36(31)39(48)45(6)35(38-43-27(2)44-51-38)25-28-15-16-29-11-7-8-13-32(29)24-28/h7-18,24,26,33,35H,19-23,25H2,1-6H3,(H,42,47). The van der Waals surface area contributed by atoms with Gasteiger partial charge in [0.25, 0.3) is 5.91 Å². The van der Waals surface area contributed by atoms with Crippen LogP contribution < -0.4 is 5.32 Å². The van der Waals surface area contributed by atoms with Crippen LogP contribution >= 0.6 is 0 Å². The van der Waals surface area contributed by atoms with Crippen LogP contribution in [0.25, 0.3) is 21.5 Å². The Morgan fingerprint density at radius 2 is 1.71 bits per heavy atom. The van der Waals surface area contributed by atoms with Gasteiger partial charge in [-0.1, -0.05) is 84.0 Å². The molecule has 2 heterocycles. The lowest BCUT2D eigenvalue weighted by Crippen LogP contribution is -2.49. The molecule has 6 rings (SSSR count). The van der Waals surface area contributed by atoms with Crippen LogP contribution in [0.4, 0.5) is 4.79 Å². The number of likely N-dealkylation sites (N-methyl/N-ethyl adjacent to an activating group) is 1. The van der Waals surface area contributed by atoms with Crippen molar-refractivity contribution in [3.8, 4) is 0 Å². The Bertz CT molecular complexity index is 2050. The molecule has 4 aromatic carbocycles. The number of nitrogens with zero attached hydrogens (tertiary/aromatic N) is 4. The quantitative estimate of drug-likeness (QED) is 0.171. The molecule has 10 nitrogen and oxygen atoms in total. The van der Waals surface area contributed by atoms with Crippen LogP contribution in [-0.4, -0.2) is 69.6 Å². The zero-order chi connectivity index (χ0) is 36.3. The summed E-state index contributed by atoms with van der Waals surface area (Å²) in [7, 11) is 1.78. The van der Waals surface area contributed by atoms with Gasteiger partial charge in [0.2, 0.25) is 11.8 Å². The number of rotatable bonds is 9. The van der Waals surface area contributed by atoms with Crippen molar-refractivity contribution >= 4 is 39.5 Å². The van der Waals surface area contributed by atoms with Crippen LogP contribution in [0.1, 0.15) is 79.8 Å². The molecule has 3 unspecified atom stereocenters. The number of piperidine rings is 1. The molecular weight excluding hydrogens is 642 g/mol. The molecule has 1 fully saturated rings. The van der Waals surface area contributed by atoms with Crippen molar-refractivity contribution in [3.05, 3.63) is 107 Å². The number of nitrogens with one attached hydrogen (secondary N) is 1. The molecule has 5 aromatic rings. The first kappa shape index (κ1) is 35.6. The first-order chi connectivity index (χ1) is 24.4. The number of carbonyl (C=O) groups excluding carboxylic acids is 3. The van der Waals surface area contributed by atoms with Crippen molar-refractivity contribution in [3.63, 3.8) is 0 Å². The van der Waals surface area contributed by atoms with E-state index < -0.39 is 11.6 Å². The predicted molar refractivity (Wildman–Crippen MR) is 197 cm³/mol. The van der Waals surface area contributed by atoms with E-state index in [1.807, 2.05) is 76.2 Å². The smallest absolute Gasteiger partial charge is 0.410 e. The zero-order valence-electron chi connectivity index (χ0n) is 30.3. The van der Waals surface area contributed by atoms with Gasteiger partial charge in [-0.15, -0.1) is 0 Å². The summed E-state index contributed by atoms with van der Waals surface area (Å²) >= 11 is 0. The fourth-order valence-corrected chi connectivity index (χ4v) is 6.99. The van der Waals surface area contributed by atoms with Crippen molar-refractivity contribution in [1.29, 1.82) is 0 Å². The fraction of sp³-hybridized carbons (Fsp3) is 0.390. The Kier molecular flexibility index (Phi) is 10.4. The van der Waals surface area contributed by atoms with Gasteiger partial charge in [0.1, 0.15) is 11.6 Å². The largest absolute Gasteiger partial charge is 0.444 e. The third-order valence-corrected chi connectivity index (χ3v) is 9.66. The second-order valence-electron chi connectivity index (χ2n) is 14.6. The fourth-order valence-electron chi connectivity index (χ4n) is 6.99. The summed E-state index contributed by atoms with van der Waals surface area (Å²) in [5.74, 6) is 0.450. The van der Waals surface area contributed by atoms with E-state index in [4.69, 9.17) is 9.26 Å². The zero-order valence-corrected chi connectivity index (χ0v) is 30.3. The molecule has 3 amide bonds. The number of amides is 3. The lowest BCUT2D eigenvalue weighted by molar-refractivity contribution is -0.127. The SMILES string of the molecule is Cc1noc(C(Cc2ccc3ccccc3c2)N(C)C(=O)c2c(CCNC(=O)C3CCN(C(=O)OC(C)(C)C)C(C)C3)ccc3ccccc23)n1. The van der Waals surface area contributed by atoms with Gasteiger partial charge in [-0.25, -0.2) is 4.79 Å². The number of hydrogen-bond donors (Lipinski definition) is 1. The summed E-state index contributed by atoms with van der Waals surface area (Å²) in [6.45, 7) is 10.1. The van der Waals surface area contributed by atoms with Gasteiger partial charge in [-0.2, -0.15) is 4.98 Å². The maximum absolute atomic E-state index is 14.7. The Balaban J connectivity index is 1.20. The number of hydrogen-bond acceptors (Lipinski definition) is 7. The number of carbonyl (C=O) groups is 3. The van der Waals surface area contributed by atoms with E-state index in [2.05, 4.69) is 45.8 Å². The molecule has 0 radical (unpaired) electrons. The number of ether oxygens (including phenoxy) is 1. The summed E-state index contributed by atoms with van der Waals surface area (Å²) < 4.78 is 11.2. The summed E-state index contributed by atoms with van der Waals surface area (Å²) in [4.78, 5) is 48.6. The molecule has 10 heteroatoms. The molecular formula is C41H47N5O5. The minimum atomic E-state index is -0.577. The highest BCUT2D eigenvalue weighted by Crippen LogP contribution is 2.31.